The number of aliphatic carboxylic acids is 1. The third-order valence-electron chi connectivity index (χ3n) is 5.68. The first-order valence-electron chi connectivity index (χ1n) is 7.82. The van der Waals surface area contributed by atoms with Crippen LogP contribution in [0.15, 0.2) is 0 Å². The topological polar surface area (TPSA) is 81.0 Å². The first-order chi connectivity index (χ1) is 9.47. The van der Waals surface area contributed by atoms with E-state index in [-0.39, 0.29) is 12.0 Å². The van der Waals surface area contributed by atoms with E-state index in [1.54, 1.807) is 0 Å². The van der Waals surface area contributed by atoms with E-state index in [0.29, 0.717) is 44.1 Å². The molecule has 114 valence electrons. The number of rotatable bonds is 3. The van der Waals surface area contributed by atoms with Gasteiger partial charge >= 0.3 is 5.97 Å². The predicted molar refractivity (Wildman–Crippen MR) is 73.2 cm³/mol. The van der Waals surface area contributed by atoms with Crippen LogP contribution < -0.4 is 0 Å². The summed E-state index contributed by atoms with van der Waals surface area (Å²) in [5.74, 6) is -0.0427. The average Bonchev–Trinajstić information content (AvgIpc) is 2.92. The van der Waals surface area contributed by atoms with E-state index >= 15 is 0 Å². The van der Waals surface area contributed by atoms with Crippen molar-refractivity contribution in [2.75, 3.05) is 19.6 Å². The van der Waals surface area contributed by atoms with Crippen LogP contribution in [-0.2, 0) is 4.79 Å². The highest BCUT2D eigenvalue weighted by molar-refractivity contribution is 5.70. The smallest absolute Gasteiger partial charge is 0.306 e. The van der Waals surface area contributed by atoms with Crippen molar-refractivity contribution >= 4 is 5.97 Å². The second kappa shape index (κ2) is 5.28. The summed E-state index contributed by atoms with van der Waals surface area (Å²) in [4.78, 5) is 13.2. The van der Waals surface area contributed by atoms with Gasteiger partial charge in [-0.1, -0.05) is 0 Å². The highest BCUT2D eigenvalue weighted by Gasteiger charge is 2.44. The molecule has 0 radical (unpaired) electrons. The normalized spacial score (nSPS) is 45.5. The van der Waals surface area contributed by atoms with E-state index in [9.17, 15) is 15.0 Å². The molecule has 0 aromatic carbocycles. The van der Waals surface area contributed by atoms with Gasteiger partial charge in [-0.2, -0.15) is 0 Å². The fourth-order valence-corrected chi connectivity index (χ4v) is 4.43. The molecule has 0 spiro atoms. The standard InChI is InChI=1S/C15H25NO4/c17-13-2-1-11-7-16(8-12(11)13)9-15(20)5-3-10(4-6-15)14(18)19/h10-13,17,20H,1-9H2,(H,18,19). The minimum atomic E-state index is -0.731. The summed E-state index contributed by atoms with van der Waals surface area (Å²) >= 11 is 0. The molecule has 3 atom stereocenters. The van der Waals surface area contributed by atoms with E-state index in [2.05, 4.69) is 4.90 Å². The molecule has 0 aromatic heterocycles. The van der Waals surface area contributed by atoms with Crippen molar-refractivity contribution in [2.24, 2.45) is 17.8 Å². The molecular formula is C15H25NO4. The van der Waals surface area contributed by atoms with E-state index in [0.717, 1.165) is 25.9 Å². The summed E-state index contributed by atoms with van der Waals surface area (Å²) in [6.07, 6.45) is 4.18. The second-order valence-corrected chi connectivity index (χ2v) is 7.10. The maximum atomic E-state index is 11.0. The number of carbonyl (C=O) groups is 1. The maximum Gasteiger partial charge on any atom is 0.306 e. The van der Waals surface area contributed by atoms with Crippen LogP contribution in [0.2, 0.25) is 0 Å². The summed E-state index contributed by atoms with van der Waals surface area (Å²) in [7, 11) is 0. The molecule has 1 saturated heterocycles. The number of nitrogens with zero attached hydrogens (tertiary/aromatic N) is 1. The van der Waals surface area contributed by atoms with Crippen molar-refractivity contribution in [3.05, 3.63) is 0 Å². The summed E-state index contributed by atoms with van der Waals surface area (Å²) < 4.78 is 0. The number of carboxylic acids is 1. The van der Waals surface area contributed by atoms with E-state index in [1.165, 1.54) is 0 Å². The Morgan fingerprint density at radius 2 is 1.85 bits per heavy atom. The van der Waals surface area contributed by atoms with Gasteiger partial charge in [0.2, 0.25) is 0 Å². The first-order valence-corrected chi connectivity index (χ1v) is 7.82. The zero-order chi connectivity index (χ0) is 14.3. The van der Waals surface area contributed by atoms with Crippen molar-refractivity contribution in [3.8, 4) is 0 Å². The highest BCUT2D eigenvalue weighted by atomic mass is 16.4. The summed E-state index contributed by atoms with van der Waals surface area (Å²) in [5.41, 5.74) is -0.727. The Kier molecular flexibility index (Phi) is 3.77. The van der Waals surface area contributed by atoms with Crippen LogP contribution in [0.25, 0.3) is 0 Å². The molecule has 3 fully saturated rings. The molecule has 2 aliphatic carbocycles. The van der Waals surface area contributed by atoms with Crippen LogP contribution in [0.3, 0.4) is 0 Å². The van der Waals surface area contributed by atoms with Gasteiger partial charge in [0.1, 0.15) is 0 Å². The molecule has 20 heavy (non-hydrogen) atoms. The highest BCUT2D eigenvalue weighted by Crippen LogP contribution is 2.40. The van der Waals surface area contributed by atoms with E-state index in [4.69, 9.17) is 5.11 Å². The second-order valence-electron chi connectivity index (χ2n) is 7.10. The molecule has 3 aliphatic rings. The lowest BCUT2D eigenvalue weighted by molar-refractivity contribution is -0.145. The van der Waals surface area contributed by atoms with Crippen LogP contribution in [-0.4, -0.2) is 57.5 Å². The molecule has 3 unspecified atom stereocenters. The molecule has 0 aromatic rings. The molecule has 1 heterocycles. The predicted octanol–water partition coefficient (Wildman–Crippen LogP) is 0.695. The Hall–Kier alpha value is -0.650. The molecule has 0 bridgehead atoms. The van der Waals surface area contributed by atoms with Crippen LogP contribution in [0.5, 0.6) is 0 Å². The number of carboxylic acid groups (broad SMARTS) is 1. The Balaban J connectivity index is 1.53. The molecule has 3 rings (SSSR count). The van der Waals surface area contributed by atoms with Crippen LogP contribution in [0.4, 0.5) is 0 Å². The fraction of sp³-hybridized carbons (Fsp3) is 0.933. The zero-order valence-corrected chi connectivity index (χ0v) is 11.9. The monoisotopic (exact) mass is 283 g/mol. The third kappa shape index (κ3) is 2.71. The Morgan fingerprint density at radius 1 is 1.15 bits per heavy atom. The minimum Gasteiger partial charge on any atom is -0.481 e. The van der Waals surface area contributed by atoms with Crippen molar-refractivity contribution in [3.63, 3.8) is 0 Å². The molecule has 3 N–H and O–H groups in total. The molecule has 1 aliphatic heterocycles. The van der Waals surface area contributed by atoms with Gasteiger partial charge in [-0.05, 0) is 44.4 Å². The van der Waals surface area contributed by atoms with Crippen LogP contribution in [0, 0.1) is 17.8 Å². The zero-order valence-electron chi connectivity index (χ0n) is 11.9. The molecular weight excluding hydrogens is 258 g/mol. The molecule has 2 saturated carbocycles. The average molecular weight is 283 g/mol. The van der Waals surface area contributed by atoms with Crippen molar-refractivity contribution < 1.29 is 20.1 Å². The summed E-state index contributed by atoms with van der Waals surface area (Å²) in [6, 6.07) is 0. The van der Waals surface area contributed by atoms with Gasteiger partial charge in [0.15, 0.2) is 0 Å². The quantitative estimate of drug-likeness (QED) is 0.710. The van der Waals surface area contributed by atoms with Gasteiger partial charge in [0.05, 0.1) is 17.6 Å². The van der Waals surface area contributed by atoms with Gasteiger partial charge in [-0.3, -0.25) is 9.69 Å². The first kappa shape index (κ1) is 14.3. The van der Waals surface area contributed by atoms with Gasteiger partial charge in [0, 0.05) is 25.6 Å². The van der Waals surface area contributed by atoms with Crippen molar-refractivity contribution in [1.82, 2.24) is 4.90 Å². The molecule has 0 amide bonds. The maximum absolute atomic E-state index is 11.0. The number of likely N-dealkylation sites (tertiary alicyclic amines) is 1. The Morgan fingerprint density at radius 3 is 2.45 bits per heavy atom. The van der Waals surface area contributed by atoms with Gasteiger partial charge in [-0.25, -0.2) is 0 Å². The van der Waals surface area contributed by atoms with Gasteiger partial charge < -0.3 is 15.3 Å². The summed E-state index contributed by atoms with van der Waals surface area (Å²) in [5, 5.41) is 29.6. The number of hydrogen-bond acceptors (Lipinski definition) is 4. The number of aliphatic hydroxyl groups excluding tert-OH is 1. The lowest BCUT2D eigenvalue weighted by Crippen LogP contribution is -2.46. The summed E-state index contributed by atoms with van der Waals surface area (Å²) in [6.45, 7) is 2.50. The number of fused-ring (bicyclic) bond motifs is 1. The van der Waals surface area contributed by atoms with Crippen LogP contribution >= 0.6 is 0 Å². The third-order valence-corrected chi connectivity index (χ3v) is 5.68. The Bertz CT molecular complexity index is 378. The van der Waals surface area contributed by atoms with E-state index in [1.807, 2.05) is 0 Å². The van der Waals surface area contributed by atoms with Gasteiger partial charge in [-0.15, -0.1) is 0 Å². The lowest BCUT2D eigenvalue weighted by Gasteiger charge is -2.37. The molecule has 5 heteroatoms. The largest absolute Gasteiger partial charge is 0.481 e. The molecule has 5 nitrogen and oxygen atoms in total. The number of aliphatic hydroxyl groups is 2. The SMILES string of the molecule is O=C(O)C1CCC(O)(CN2CC3CCC(O)C3C2)CC1. The van der Waals surface area contributed by atoms with Gasteiger partial charge in [0.25, 0.3) is 0 Å². The lowest BCUT2D eigenvalue weighted by atomic mass is 9.78. The number of β-amino-alcohol motifs (C(OH)–C–C–N with tert-alkyl or cyclic N) is 1. The van der Waals surface area contributed by atoms with Crippen molar-refractivity contribution in [2.45, 2.75) is 50.2 Å². The minimum absolute atomic E-state index is 0.164. The fourth-order valence-electron chi connectivity index (χ4n) is 4.43. The van der Waals surface area contributed by atoms with Crippen LogP contribution in [0.1, 0.15) is 38.5 Å². The Labute approximate surface area is 119 Å². The number of hydrogen-bond donors (Lipinski definition) is 3. The van der Waals surface area contributed by atoms with Crippen molar-refractivity contribution in [1.29, 1.82) is 0 Å². The van der Waals surface area contributed by atoms with E-state index < -0.39 is 11.6 Å².